The van der Waals surface area contributed by atoms with E-state index in [0.29, 0.717) is 16.8 Å². The van der Waals surface area contributed by atoms with Crippen LogP contribution in [-0.2, 0) is 0 Å². The van der Waals surface area contributed by atoms with Crippen molar-refractivity contribution in [3.8, 4) is 28.5 Å². The molecule has 1 aromatic heterocycles. The predicted molar refractivity (Wildman–Crippen MR) is 98.8 cm³/mol. The van der Waals surface area contributed by atoms with Gasteiger partial charge in [-0.3, -0.25) is 14.9 Å². The van der Waals surface area contributed by atoms with E-state index in [-0.39, 0.29) is 11.3 Å². The van der Waals surface area contributed by atoms with Crippen LogP contribution in [0.2, 0.25) is 0 Å². The highest BCUT2D eigenvalue weighted by atomic mass is 16.6. The highest BCUT2D eigenvalue weighted by Crippen LogP contribution is 2.29. The largest absolute Gasteiger partial charge is 0.321 e. The summed E-state index contributed by atoms with van der Waals surface area (Å²) < 4.78 is 0. The first-order valence-electron chi connectivity index (χ1n) is 7.90. The van der Waals surface area contributed by atoms with Gasteiger partial charge in [-0.2, -0.15) is 5.26 Å². The number of aryl methyl sites for hydroxylation is 2. The molecular weight excluding hydrogens is 330 g/mol. The molecule has 0 unspecified atom stereocenters. The monoisotopic (exact) mass is 345 g/mol. The third kappa shape index (κ3) is 3.10. The molecule has 0 saturated carbocycles. The van der Waals surface area contributed by atoms with Gasteiger partial charge in [0.25, 0.3) is 11.2 Å². The first-order valence-corrected chi connectivity index (χ1v) is 7.90. The average molecular weight is 345 g/mol. The maximum Gasteiger partial charge on any atom is 0.269 e. The lowest BCUT2D eigenvalue weighted by Gasteiger charge is -2.11. The van der Waals surface area contributed by atoms with Gasteiger partial charge in [-0.1, -0.05) is 23.8 Å². The molecule has 3 aromatic rings. The zero-order chi connectivity index (χ0) is 18.8. The van der Waals surface area contributed by atoms with Crippen molar-refractivity contribution in [2.24, 2.45) is 0 Å². The summed E-state index contributed by atoms with van der Waals surface area (Å²) in [5.74, 6) is 0. The van der Waals surface area contributed by atoms with Crippen LogP contribution in [0.5, 0.6) is 0 Å². The summed E-state index contributed by atoms with van der Waals surface area (Å²) >= 11 is 0. The van der Waals surface area contributed by atoms with Crippen LogP contribution in [0.3, 0.4) is 0 Å². The molecule has 3 rings (SSSR count). The van der Waals surface area contributed by atoms with E-state index in [4.69, 9.17) is 0 Å². The van der Waals surface area contributed by atoms with Crippen molar-refractivity contribution in [2.45, 2.75) is 13.8 Å². The molecule has 1 N–H and O–H groups in total. The fraction of sp³-hybridized carbons (Fsp3) is 0.100. The number of benzene rings is 2. The van der Waals surface area contributed by atoms with Gasteiger partial charge >= 0.3 is 0 Å². The van der Waals surface area contributed by atoms with Crippen molar-refractivity contribution in [3.63, 3.8) is 0 Å². The number of rotatable bonds is 3. The van der Waals surface area contributed by atoms with E-state index in [9.17, 15) is 20.2 Å². The van der Waals surface area contributed by atoms with Gasteiger partial charge in [0.2, 0.25) is 0 Å². The highest BCUT2D eigenvalue weighted by molar-refractivity contribution is 5.77. The molecule has 0 aliphatic rings. The number of aromatic nitrogens is 1. The van der Waals surface area contributed by atoms with Gasteiger partial charge < -0.3 is 4.98 Å². The topological polar surface area (TPSA) is 99.8 Å². The number of nitro benzene ring substituents is 1. The lowest BCUT2D eigenvalue weighted by atomic mass is 9.94. The van der Waals surface area contributed by atoms with Crippen LogP contribution in [-0.4, -0.2) is 9.91 Å². The summed E-state index contributed by atoms with van der Waals surface area (Å²) in [6, 6.07) is 15.5. The van der Waals surface area contributed by atoms with Crippen molar-refractivity contribution in [1.29, 1.82) is 5.26 Å². The number of non-ortho nitro benzene ring substituents is 1. The smallest absolute Gasteiger partial charge is 0.269 e. The Kier molecular flexibility index (Phi) is 4.38. The minimum atomic E-state index is -0.487. The lowest BCUT2D eigenvalue weighted by Crippen LogP contribution is -2.13. The van der Waals surface area contributed by atoms with Gasteiger partial charge in [0, 0.05) is 23.4 Å². The Morgan fingerprint density at radius 1 is 1.04 bits per heavy atom. The molecule has 0 atom stereocenters. The second kappa shape index (κ2) is 6.65. The average Bonchev–Trinajstić information content (AvgIpc) is 2.63. The van der Waals surface area contributed by atoms with Crippen LogP contribution in [0.4, 0.5) is 5.69 Å². The molecule has 0 amide bonds. The molecule has 6 nitrogen and oxygen atoms in total. The molecule has 1 heterocycles. The van der Waals surface area contributed by atoms with E-state index in [0.717, 1.165) is 16.7 Å². The van der Waals surface area contributed by atoms with Crippen molar-refractivity contribution < 1.29 is 4.92 Å². The molecule has 0 aliphatic heterocycles. The molecule has 26 heavy (non-hydrogen) atoms. The minimum absolute atomic E-state index is 0.0282. The maximum absolute atomic E-state index is 12.4. The number of nitrogens with zero attached hydrogens (tertiary/aromatic N) is 2. The summed E-state index contributed by atoms with van der Waals surface area (Å²) in [6.07, 6.45) is 0. The molecule has 0 radical (unpaired) electrons. The molecule has 0 bridgehead atoms. The molecule has 2 aromatic carbocycles. The summed E-state index contributed by atoms with van der Waals surface area (Å²) in [5.41, 5.74) is 3.99. The highest BCUT2D eigenvalue weighted by Gasteiger charge is 2.15. The van der Waals surface area contributed by atoms with E-state index in [1.807, 2.05) is 38.1 Å². The van der Waals surface area contributed by atoms with Crippen LogP contribution < -0.4 is 5.56 Å². The molecule has 0 fully saturated rings. The minimum Gasteiger partial charge on any atom is -0.321 e. The SMILES string of the molecule is Cc1ccc(C)c(-c2cc(-c3ccc([N+](=O)[O-])cc3)[nH]c(=O)c2C#N)c1. The Morgan fingerprint density at radius 3 is 2.35 bits per heavy atom. The number of hydrogen-bond acceptors (Lipinski definition) is 4. The van der Waals surface area contributed by atoms with Gasteiger partial charge in [0.1, 0.15) is 11.6 Å². The number of pyridine rings is 1. The molecular formula is C20H15N3O3. The third-order valence-electron chi connectivity index (χ3n) is 4.22. The number of nitro groups is 1. The number of hydrogen-bond donors (Lipinski definition) is 1. The van der Waals surface area contributed by atoms with Crippen LogP contribution in [0.25, 0.3) is 22.4 Å². The van der Waals surface area contributed by atoms with Gasteiger partial charge in [-0.15, -0.1) is 0 Å². The zero-order valence-electron chi connectivity index (χ0n) is 14.2. The summed E-state index contributed by atoms with van der Waals surface area (Å²) in [5, 5.41) is 20.2. The van der Waals surface area contributed by atoms with Crippen molar-refractivity contribution in [1.82, 2.24) is 4.98 Å². The standard InChI is InChI=1S/C20H15N3O3/c1-12-3-4-13(2)16(9-12)17-10-19(22-20(24)18(17)11-21)14-5-7-15(8-6-14)23(25)26/h3-10H,1-2H3,(H,22,24). The first-order chi connectivity index (χ1) is 12.4. The van der Waals surface area contributed by atoms with Gasteiger partial charge in [0.05, 0.1) is 4.92 Å². The quantitative estimate of drug-likeness (QED) is 0.570. The van der Waals surface area contributed by atoms with Crippen LogP contribution in [0.15, 0.2) is 53.3 Å². The van der Waals surface area contributed by atoms with Crippen LogP contribution in [0.1, 0.15) is 16.7 Å². The number of H-pyrrole nitrogens is 1. The van der Waals surface area contributed by atoms with E-state index in [2.05, 4.69) is 4.98 Å². The maximum atomic E-state index is 12.4. The second-order valence-corrected chi connectivity index (χ2v) is 6.03. The third-order valence-corrected chi connectivity index (χ3v) is 4.22. The normalized spacial score (nSPS) is 10.3. The van der Waals surface area contributed by atoms with E-state index < -0.39 is 10.5 Å². The number of nitriles is 1. The van der Waals surface area contributed by atoms with Crippen molar-refractivity contribution in [3.05, 3.63) is 85.7 Å². The summed E-state index contributed by atoms with van der Waals surface area (Å²) in [4.78, 5) is 25.4. The Hall–Kier alpha value is -3.72. The van der Waals surface area contributed by atoms with E-state index >= 15 is 0 Å². The van der Waals surface area contributed by atoms with Crippen LogP contribution in [0, 0.1) is 35.3 Å². The molecule has 128 valence electrons. The predicted octanol–water partition coefficient (Wildman–Crippen LogP) is 4.11. The fourth-order valence-electron chi connectivity index (χ4n) is 2.83. The Labute approximate surface area is 149 Å². The first kappa shape index (κ1) is 17.1. The fourth-order valence-corrected chi connectivity index (χ4v) is 2.83. The van der Waals surface area contributed by atoms with Gasteiger partial charge in [0.15, 0.2) is 0 Å². The Balaban J connectivity index is 2.23. The molecule has 0 saturated heterocycles. The summed E-state index contributed by atoms with van der Waals surface area (Å²) in [7, 11) is 0. The van der Waals surface area contributed by atoms with E-state index in [1.54, 1.807) is 18.2 Å². The summed E-state index contributed by atoms with van der Waals surface area (Å²) in [6.45, 7) is 3.86. The lowest BCUT2D eigenvalue weighted by molar-refractivity contribution is -0.384. The number of aromatic amines is 1. The zero-order valence-corrected chi connectivity index (χ0v) is 14.2. The van der Waals surface area contributed by atoms with Crippen LogP contribution >= 0.6 is 0 Å². The molecule has 6 heteroatoms. The van der Waals surface area contributed by atoms with Gasteiger partial charge in [-0.25, -0.2) is 0 Å². The molecule has 0 aliphatic carbocycles. The Morgan fingerprint density at radius 2 is 1.73 bits per heavy atom. The van der Waals surface area contributed by atoms with Crippen molar-refractivity contribution >= 4 is 5.69 Å². The number of nitrogens with one attached hydrogen (secondary N) is 1. The molecule has 0 spiro atoms. The van der Waals surface area contributed by atoms with Gasteiger partial charge in [-0.05, 0) is 48.7 Å². The second-order valence-electron chi connectivity index (χ2n) is 6.03. The Bertz CT molecular complexity index is 1110. The van der Waals surface area contributed by atoms with Crippen molar-refractivity contribution in [2.75, 3.05) is 0 Å². The van der Waals surface area contributed by atoms with E-state index in [1.165, 1.54) is 12.1 Å².